The molecule has 7 nitrogen and oxygen atoms in total. The lowest BCUT2D eigenvalue weighted by Gasteiger charge is -2.29. The van der Waals surface area contributed by atoms with E-state index >= 15 is 0 Å². The standard InChI is InChI=1S/C23H22N4O3S/c24-31(28,29)20-3-1-2-17(12-20)21-15-30-22-13-18(14-26-23(21)22)16-4-6-19(7-5-16)27-10-8-25-9-11-27/h1-7,12-15,25H,8-11H2,(H2,24,28,29). The predicted molar refractivity (Wildman–Crippen MR) is 121 cm³/mol. The number of rotatable bonds is 4. The molecule has 1 aliphatic heterocycles. The van der Waals surface area contributed by atoms with Crippen molar-refractivity contribution < 1.29 is 12.8 Å². The van der Waals surface area contributed by atoms with E-state index in [1.807, 2.05) is 18.3 Å². The maximum absolute atomic E-state index is 11.7. The molecule has 4 aromatic rings. The second-order valence-electron chi connectivity index (χ2n) is 7.58. The SMILES string of the molecule is NS(=O)(=O)c1cccc(-c2coc3cc(-c4ccc(N5CCNCC5)cc4)cnc23)c1. The number of hydrogen-bond donors (Lipinski definition) is 2. The summed E-state index contributed by atoms with van der Waals surface area (Å²) in [6.45, 7) is 4.02. The molecule has 0 bridgehead atoms. The molecule has 3 N–H and O–H groups in total. The molecule has 0 saturated carbocycles. The van der Waals surface area contributed by atoms with Crippen LogP contribution >= 0.6 is 0 Å². The summed E-state index contributed by atoms with van der Waals surface area (Å²) < 4.78 is 29.1. The van der Waals surface area contributed by atoms with Crippen LogP contribution in [-0.4, -0.2) is 39.6 Å². The lowest BCUT2D eigenvalue weighted by atomic mass is 10.0. The van der Waals surface area contributed by atoms with Crippen molar-refractivity contribution >= 4 is 26.8 Å². The van der Waals surface area contributed by atoms with Crippen LogP contribution in [0.3, 0.4) is 0 Å². The molecule has 2 aromatic heterocycles. The molecule has 0 amide bonds. The van der Waals surface area contributed by atoms with Crippen LogP contribution in [0.2, 0.25) is 0 Å². The number of nitrogens with two attached hydrogens (primary N) is 1. The lowest BCUT2D eigenvalue weighted by Crippen LogP contribution is -2.43. The van der Waals surface area contributed by atoms with Gasteiger partial charge in [0.25, 0.3) is 0 Å². The molecule has 0 unspecified atom stereocenters. The Labute approximate surface area is 180 Å². The van der Waals surface area contributed by atoms with Gasteiger partial charge in [0.1, 0.15) is 11.8 Å². The highest BCUT2D eigenvalue weighted by Gasteiger charge is 2.15. The zero-order chi connectivity index (χ0) is 21.4. The van der Waals surface area contributed by atoms with Crippen molar-refractivity contribution in [1.82, 2.24) is 10.3 Å². The Kier molecular flexibility index (Phi) is 4.97. The lowest BCUT2D eigenvalue weighted by molar-refractivity contribution is 0.589. The number of primary sulfonamides is 1. The fraction of sp³-hybridized carbons (Fsp3) is 0.174. The van der Waals surface area contributed by atoms with E-state index < -0.39 is 10.0 Å². The molecule has 2 aromatic carbocycles. The van der Waals surface area contributed by atoms with Crippen molar-refractivity contribution in [1.29, 1.82) is 0 Å². The zero-order valence-electron chi connectivity index (χ0n) is 16.8. The number of furan rings is 1. The summed E-state index contributed by atoms with van der Waals surface area (Å²) in [4.78, 5) is 7.03. The van der Waals surface area contributed by atoms with Gasteiger partial charge in [-0.2, -0.15) is 0 Å². The van der Waals surface area contributed by atoms with E-state index in [9.17, 15) is 8.42 Å². The van der Waals surface area contributed by atoms with Crippen molar-refractivity contribution in [2.24, 2.45) is 5.14 Å². The van der Waals surface area contributed by atoms with Crippen molar-refractivity contribution in [3.8, 4) is 22.3 Å². The van der Waals surface area contributed by atoms with Gasteiger partial charge in [0.05, 0.1) is 4.90 Å². The minimum atomic E-state index is -3.78. The van der Waals surface area contributed by atoms with Crippen LogP contribution in [0.5, 0.6) is 0 Å². The second-order valence-corrected chi connectivity index (χ2v) is 9.14. The first-order valence-corrected chi connectivity index (χ1v) is 11.6. The third-order valence-electron chi connectivity index (χ3n) is 5.57. The third kappa shape index (κ3) is 3.93. The Morgan fingerprint density at radius 1 is 0.968 bits per heavy atom. The molecule has 0 aliphatic carbocycles. The van der Waals surface area contributed by atoms with Crippen molar-refractivity contribution in [3.05, 3.63) is 67.1 Å². The molecular weight excluding hydrogens is 412 g/mol. The summed E-state index contributed by atoms with van der Waals surface area (Å²) in [5, 5.41) is 8.63. The summed E-state index contributed by atoms with van der Waals surface area (Å²) in [6, 6.07) is 16.9. The molecule has 0 atom stereocenters. The predicted octanol–water partition coefficient (Wildman–Crippen LogP) is 3.22. The molecule has 158 valence electrons. The molecule has 1 aliphatic rings. The van der Waals surface area contributed by atoms with Crippen LogP contribution in [0.15, 0.2) is 76.4 Å². The van der Waals surface area contributed by atoms with Gasteiger partial charge < -0.3 is 14.6 Å². The highest BCUT2D eigenvalue weighted by Crippen LogP contribution is 2.33. The van der Waals surface area contributed by atoms with E-state index in [-0.39, 0.29) is 4.90 Å². The van der Waals surface area contributed by atoms with Gasteiger partial charge in [-0.15, -0.1) is 0 Å². The first kappa shape index (κ1) is 19.7. The molecule has 3 heterocycles. The van der Waals surface area contributed by atoms with E-state index in [0.717, 1.165) is 42.9 Å². The number of benzene rings is 2. The number of aromatic nitrogens is 1. The van der Waals surface area contributed by atoms with E-state index in [2.05, 4.69) is 39.5 Å². The molecule has 8 heteroatoms. The van der Waals surface area contributed by atoms with Gasteiger partial charge in [-0.3, -0.25) is 4.98 Å². The average Bonchev–Trinajstić information content (AvgIpc) is 3.23. The molecule has 0 radical (unpaired) electrons. The first-order valence-electron chi connectivity index (χ1n) is 10.1. The minimum Gasteiger partial charge on any atom is -0.462 e. The number of fused-ring (bicyclic) bond motifs is 1. The van der Waals surface area contributed by atoms with Gasteiger partial charge in [-0.25, -0.2) is 13.6 Å². The van der Waals surface area contributed by atoms with Gasteiger partial charge in [-0.1, -0.05) is 24.3 Å². The number of nitrogens with one attached hydrogen (secondary N) is 1. The summed E-state index contributed by atoms with van der Waals surface area (Å²) in [5.74, 6) is 0. The van der Waals surface area contributed by atoms with Gasteiger partial charge >= 0.3 is 0 Å². The van der Waals surface area contributed by atoms with Gasteiger partial charge in [0.2, 0.25) is 10.0 Å². The highest BCUT2D eigenvalue weighted by atomic mass is 32.2. The van der Waals surface area contributed by atoms with Gasteiger partial charge in [0.15, 0.2) is 5.58 Å². The number of pyridine rings is 1. The molecule has 5 rings (SSSR count). The Bertz CT molecular complexity index is 1340. The Morgan fingerprint density at radius 3 is 2.48 bits per heavy atom. The summed E-state index contributed by atoms with van der Waals surface area (Å²) >= 11 is 0. The second kappa shape index (κ2) is 7.81. The minimum absolute atomic E-state index is 0.0561. The zero-order valence-corrected chi connectivity index (χ0v) is 17.6. The Hall–Kier alpha value is -3.20. The number of anilines is 1. The van der Waals surface area contributed by atoms with Crippen LogP contribution in [0, 0.1) is 0 Å². The fourth-order valence-electron chi connectivity index (χ4n) is 3.91. The van der Waals surface area contributed by atoms with Crippen molar-refractivity contribution in [3.63, 3.8) is 0 Å². The van der Waals surface area contributed by atoms with Crippen LogP contribution in [0.25, 0.3) is 33.4 Å². The van der Waals surface area contributed by atoms with E-state index in [0.29, 0.717) is 16.7 Å². The molecule has 31 heavy (non-hydrogen) atoms. The first-order chi connectivity index (χ1) is 15.0. The summed E-state index contributed by atoms with van der Waals surface area (Å²) in [6.07, 6.45) is 3.40. The maximum atomic E-state index is 11.7. The van der Waals surface area contributed by atoms with Crippen molar-refractivity contribution in [2.75, 3.05) is 31.1 Å². The van der Waals surface area contributed by atoms with Gasteiger partial charge in [-0.05, 0) is 41.5 Å². The molecule has 1 saturated heterocycles. The number of piperazine rings is 1. The van der Waals surface area contributed by atoms with Crippen LogP contribution in [0.4, 0.5) is 5.69 Å². The van der Waals surface area contributed by atoms with E-state index in [4.69, 9.17) is 9.56 Å². The van der Waals surface area contributed by atoms with Crippen LogP contribution in [0.1, 0.15) is 0 Å². The van der Waals surface area contributed by atoms with Gasteiger partial charge in [0, 0.05) is 49.2 Å². The van der Waals surface area contributed by atoms with E-state index in [1.165, 1.54) is 17.8 Å². The smallest absolute Gasteiger partial charge is 0.238 e. The summed E-state index contributed by atoms with van der Waals surface area (Å²) in [7, 11) is -3.78. The maximum Gasteiger partial charge on any atom is 0.238 e. The quantitative estimate of drug-likeness (QED) is 0.511. The third-order valence-corrected chi connectivity index (χ3v) is 6.48. The average molecular weight is 435 g/mol. The Balaban J connectivity index is 1.46. The molecule has 0 spiro atoms. The monoisotopic (exact) mass is 434 g/mol. The normalized spacial score (nSPS) is 14.8. The van der Waals surface area contributed by atoms with Crippen molar-refractivity contribution in [2.45, 2.75) is 4.90 Å². The van der Waals surface area contributed by atoms with Crippen LogP contribution < -0.4 is 15.4 Å². The topological polar surface area (TPSA) is 101 Å². The van der Waals surface area contributed by atoms with E-state index in [1.54, 1.807) is 12.3 Å². The Morgan fingerprint density at radius 2 is 1.74 bits per heavy atom. The largest absolute Gasteiger partial charge is 0.462 e. The number of hydrogen-bond acceptors (Lipinski definition) is 6. The van der Waals surface area contributed by atoms with Crippen LogP contribution in [-0.2, 0) is 10.0 Å². The highest BCUT2D eigenvalue weighted by molar-refractivity contribution is 7.89. The number of nitrogens with zero attached hydrogens (tertiary/aromatic N) is 2. The summed E-state index contributed by atoms with van der Waals surface area (Å²) in [5.41, 5.74) is 5.95. The fourth-order valence-corrected chi connectivity index (χ4v) is 4.47. The molecular formula is C23H22N4O3S. The number of sulfonamides is 1. The molecule has 1 fully saturated rings.